The Morgan fingerprint density at radius 2 is 2.18 bits per heavy atom. The van der Waals surface area contributed by atoms with Crippen LogP contribution in [0.2, 0.25) is 5.15 Å². The third-order valence-corrected chi connectivity index (χ3v) is 5.09. The molecule has 1 fully saturated rings. The highest BCUT2D eigenvalue weighted by Gasteiger charge is 2.52. The van der Waals surface area contributed by atoms with Gasteiger partial charge in [0.05, 0.1) is 11.7 Å². The van der Waals surface area contributed by atoms with E-state index in [1.54, 1.807) is 19.2 Å². The van der Waals surface area contributed by atoms with Crippen molar-refractivity contribution in [2.45, 2.75) is 43.8 Å². The number of nitrogens with zero attached hydrogens (tertiary/aromatic N) is 5. The van der Waals surface area contributed by atoms with E-state index in [2.05, 4.69) is 15.0 Å². The minimum Gasteiger partial charge on any atom is -0.349 e. The lowest BCUT2D eigenvalue weighted by atomic mass is 9.76. The minimum absolute atomic E-state index is 0.336. The summed E-state index contributed by atoms with van der Waals surface area (Å²) in [5.41, 5.74) is 7.72. The molecule has 0 N–H and O–H groups in total. The predicted molar refractivity (Wildman–Crippen MR) is 84.5 cm³/mol. The number of aryl methyl sites for hydroxylation is 1. The van der Waals surface area contributed by atoms with E-state index in [0.29, 0.717) is 23.6 Å². The molecule has 7 heteroatoms. The van der Waals surface area contributed by atoms with Crippen LogP contribution in [-0.2, 0) is 12.6 Å². The lowest BCUT2D eigenvalue weighted by Gasteiger charge is -2.37. The molecule has 1 atom stereocenters. The molecule has 3 rings (SSSR count). The molecule has 1 saturated carbocycles. The van der Waals surface area contributed by atoms with E-state index in [0.717, 1.165) is 23.7 Å². The van der Waals surface area contributed by atoms with Crippen LogP contribution in [0.25, 0.3) is 21.3 Å². The molecule has 2 heterocycles. The van der Waals surface area contributed by atoms with Gasteiger partial charge in [-0.05, 0) is 36.9 Å². The van der Waals surface area contributed by atoms with E-state index in [1.807, 2.05) is 17.8 Å². The molecule has 0 amide bonds. The van der Waals surface area contributed by atoms with Gasteiger partial charge in [0.15, 0.2) is 0 Å². The van der Waals surface area contributed by atoms with Crippen molar-refractivity contribution in [3.8, 4) is 0 Å². The third-order valence-electron chi connectivity index (χ3n) is 4.88. The van der Waals surface area contributed by atoms with Crippen molar-refractivity contribution in [2.75, 3.05) is 0 Å². The van der Waals surface area contributed by atoms with E-state index in [9.17, 15) is 0 Å². The number of hydrogen-bond donors (Lipinski definition) is 0. The number of azide groups is 1. The normalized spacial score (nSPS) is 19.8. The summed E-state index contributed by atoms with van der Waals surface area (Å²) in [6.07, 6.45) is 5.88. The largest absolute Gasteiger partial charge is 0.349 e. The van der Waals surface area contributed by atoms with Crippen molar-refractivity contribution in [1.29, 1.82) is 0 Å². The summed E-state index contributed by atoms with van der Waals surface area (Å²) in [5.74, 6) is 0. The first-order chi connectivity index (χ1) is 10.4. The fourth-order valence-electron chi connectivity index (χ4n) is 3.54. The molecule has 5 nitrogen and oxygen atoms in total. The van der Waals surface area contributed by atoms with Crippen molar-refractivity contribution >= 4 is 22.5 Å². The zero-order valence-corrected chi connectivity index (χ0v) is 13.3. The van der Waals surface area contributed by atoms with Crippen LogP contribution >= 0.6 is 11.6 Å². The Morgan fingerprint density at radius 3 is 2.82 bits per heavy atom. The Labute approximate surface area is 132 Å². The molecule has 22 heavy (non-hydrogen) atoms. The first-order valence-corrected chi connectivity index (χ1v) is 7.65. The summed E-state index contributed by atoms with van der Waals surface area (Å²) in [4.78, 5) is 7.01. The number of aromatic nitrogens is 2. The SMILES string of the molecule is Cn1cc(C(C)(N=[N+]=[N-])C2(F)CCCC2)c2cc(Cl)ncc21. The van der Waals surface area contributed by atoms with Crippen molar-refractivity contribution in [1.82, 2.24) is 9.55 Å². The molecule has 0 saturated heterocycles. The van der Waals surface area contributed by atoms with Gasteiger partial charge in [0, 0.05) is 23.5 Å². The number of alkyl halides is 1. The van der Waals surface area contributed by atoms with Gasteiger partial charge in [0.2, 0.25) is 0 Å². The standard InChI is InChI=1S/C15H17ClFN5/c1-14(20-21-18,15(17)5-3-4-6-15)11-9-22(2)12-8-19-13(16)7-10(11)12/h7-9H,3-6H2,1-2H3. The Morgan fingerprint density at radius 1 is 1.50 bits per heavy atom. The second-order valence-electron chi connectivity index (χ2n) is 6.11. The molecule has 0 spiro atoms. The van der Waals surface area contributed by atoms with E-state index in [4.69, 9.17) is 17.1 Å². The highest BCUT2D eigenvalue weighted by molar-refractivity contribution is 6.30. The number of hydrogen-bond acceptors (Lipinski definition) is 2. The van der Waals surface area contributed by atoms with Crippen LogP contribution in [0.3, 0.4) is 0 Å². The number of pyridine rings is 1. The lowest BCUT2D eigenvalue weighted by molar-refractivity contribution is 0.0717. The molecular weight excluding hydrogens is 305 g/mol. The molecule has 116 valence electrons. The topological polar surface area (TPSA) is 66.6 Å². The number of rotatable bonds is 3. The summed E-state index contributed by atoms with van der Waals surface area (Å²) < 4.78 is 17.4. The average molecular weight is 322 g/mol. The van der Waals surface area contributed by atoms with Crippen LogP contribution in [0.1, 0.15) is 38.2 Å². The van der Waals surface area contributed by atoms with Crippen LogP contribution in [0.5, 0.6) is 0 Å². The fourth-order valence-corrected chi connectivity index (χ4v) is 3.69. The maximum atomic E-state index is 15.5. The number of halogens is 2. The summed E-state index contributed by atoms with van der Waals surface area (Å²) in [6.45, 7) is 1.68. The van der Waals surface area contributed by atoms with E-state index >= 15 is 4.39 Å². The van der Waals surface area contributed by atoms with Gasteiger partial charge in [0.1, 0.15) is 16.4 Å². The second-order valence-corrected chi connectivity index (χ2v) is 6.50. The van der Waals surface area contributed by atoms with Gasteiger partial charge >= 0.3 is 0 Å². The zero-order chi connectivity index (χ0) is 16.0. The Bertz CT molecular complexity index is 774. The molecule has 1 aliphatic rings. The van der Waals surface area contributed by atoms with E-state index in [1.165, 1.54) is 0 Å². The molecule has 0 radical (unpaired) electrons. The highest BCUT2D eigenvalue weighted by Crippen LogP contribution is 2.51. The summed E-state index contributed by atoms with van der Waals surface area (Å²) in [5, 5.41) is 5.02. The monoisotopic (exact) mass is 321 g/mol. The minimum atomic E-state index is -1.54. The van der Waals surface area contributed by atoms with E-state index in [-0.39, 0.29) is 0 Å². The molecule has 1 aliphatic carbocycles. The van der Waals surface area contributed by atoms with Crippen LogP contribution in [-0.4, -0.2) is 15.2 Å². The Hall–Kier alpha value is -1.78. The first kappa shape index (κ1) is 15.1. The van der Waals surface area contributed by atoms with E-state index < -0.39 is 11.2 Å². The number of fused-ring (bicyclic) bond motifs is 1. The van der Waals surface area contributed by atoms with Crippen LogP contribution < -0.4 is 0 Å². The quantitative estimate of drug-likeness (QED) is 0.338. The highest BCUT2D eigenvalue weighted by atomic mass is 35.5. The fraction of sp³-hybridized carbons (Fsp3) is 0.533. The van der Waals surface area contributed by atoms with Gasteiger partial charge in [-0.2, -0.15) is 0 Å². The summed E-state index contributed by atoms with van der Waals surface area (Å²) in [6, 6.07) is 1.70. The third kappa shape index (κ3) is 2.06. The Kier molecular flexibility index (Phi) is 3.54. The summed E-state index contributed by atoms with van der Waals surface area (Å²) >= 11 is 6.00. The predicted octanol–water partition coefficient (Wildman–Crippen LogP) is 5.03. The van der Waals surface area contributed by atoms with Gasteiger partial charge < -0.3 is 4.57 Å². The second kappa shape index (κ2) is 5.14. The smallest absolute Gasteiger partial charge is 0.129 e. The van der Waals surface area contributed by atoms with Crippen LogP contribution in [0.15, 0.2) is 23.6 Å². The molecule has 0 bridgehead atoms. The van der Waals surface area contributed by atoms with Crippen molar-refractivity contribution < 1.29 is 4.39 Å². The van der Waals surface area contributed by atoms with Crippen LogP contribution in [0, 0.1) is 0 Å². The lowest BCUT2D eigenvalue weighted by Crippen LogP contribution is -2.42. The molecule has 0 aromatic carbocycles. The van der Waals surface area contributed by atoms with Crippen molar-refractivity contribution in [3.05, 3.63) is 39.6 Å². The molecular formula is C15H17ClFN5. The Balaban J connectivity index is 2.30. The maximum absolute atomic E-state index is 15.5. The van der Waals surface area contributed by atoms with Crippen molar-refractivity contribution in [3.63, 3.8) is 0 Å². The van der Waals surface area contributed by atoms with Gasteiger partial charge in [-0.15, -0.1) is 0 Å². The van der Waals surface area contributed by atoms with Gasteiger partial charge in [-0.1, -0.05) is 29.6 Å². The summed E-state index contributed by atoms with van der Waals surface area (Å²) in [7, 11) is 1.86. The van der Waals surface area contributed by atoms with Crippen LogP contribution in [0.4, 0.5) is 4.39 Å². The first-order valence-electron chi connectivity index (χ1n) is 7.27. The average Bonchev–Trinajstić information content (AvgIpc) is 3.05. The van der Waals surface area contributed by atoms with Crippen molar-refractivity contribution in [2.24, 2.45) is 12.2 Å². The molecule has 2 aromatic heterocycles. The molecule has 0 aliphatic heterocycles. The van der Waals surface area contributed by atoms with Gasteiger partial charge in [-0.3, -0.25) is 0 Å². The maximum Gasteiger partial charge on any atom is 0.129 e. The zero-order valence-electron chi connectivity index (χ0n) is 12.6. The van der Waals surface area contributed by atoms with Gasteiger partial charge in [-0.25, -0.2) is 9.37 Å². The van der Waals surface area contributed by atoms with Gasteiger partial charge in [0.25, 0.3) is 0 Å². The molecule has 2 aromatic rings. The molecule has 1 unspecified atom stereocenters.